The van der Waals surface area contributed by atoms with E-state index < -0.39 is 0 Å². The van der Waals surface area contributed by atoms with Crippen LogP contribution in [0.15, 0.2) is 36.7 Å². The largest absolute Gasteiger partial charge is 0.493 e. The first kappa shape index (κ1) is 14.3. The minimum atomic E-state index is 0.0209. The molecule has 6 nitrogen and oxygen atoms in total. The van der Waals surface area contributed by atoms with Crippen LogP contribution in [0, 0.1) is 0 Å². The number of fused-ring (bicyclic) bond motifs is 1. The summed E-state index contributed by atoms with van der Waals surface area (Å²) in [5.41, 5.74) is 2.56. The van der Waals surface area contributed by atoms with E-state index in [0.717, 1.165) is 22.4 Å². The van der Waals surface area contributed by atoms with Crippen molar-refractivity contribution in [3.8, 4) is 22.9 Å². The van der Waals surface area contributed by atoms with Crippen molar-refractivity contribution in [2.75, 3.05) is 20.8 Å². The van der Waals surface area contributed by atoms with Gasteiger partial charge >= 0.3 is 0 Å². The molecule has 0 atom stereocenters. The second-order valence-corrected chi connectivity index (χ2v) is 4.75. The highest BCUT2D eigenvalue weighted by atomic mass is 16.5. The number of pyridine rings is 1. The topological polar surface area (TPSA) is 69.4 Å². The number of methoxy groups -OCH3 is 2. The van der Waals surface area contributed by atoms with Crippen LogP contribution in [0.1, 0.15) is 0 Å². The molecule has 2 aromatic heterocycles. The lowest BCUT2D eigenvalue weighted by atomic mass is 10.2. The van der Waals surface area contributed by atoms with E-state index in [4.69, 9.17) is 9.47 Å². The normalized spacial score (nSPS) is 10.9. The van der Waals surface area contributed by atoms with E-state index in [1.165, 1.54) is 0 Å². The Hall–Kier alpha value is -2.60. The van der Waals surface area contributed by atoms with Crippen LogP contribution < -0.4 is 9.47 Å². The summed E-state index contributed by atoms with van der Waals surface area (Å²) in [6.07, 6.45) is 3.47. The first-order valence-corrected chi connectivity index (χ1v) is 6.92. The van der Waals surface area contributed by atoms with Gasteiger partial charge in [-0.2, -0.15) is 0 Å². The van der Waals surface area contributed by atoms with E-state index in [-0.39, 0.29) is 6.61 Å². The van der Waals surface area contributed by atoms with Crippen LogP contribution in [0.25, 0.3) is 22.4 Å². The third kappa shape index (κ3) is 2.37. The van der Waals surface area contributed by atoms with Gasteiger partial charge in [0.25, 0.3) is 0 Å². The van der Waals surface area contributed by atoms with Crippen molar-refractivity contribution in [2.24, 2.45) is 0 Å². The second kappa shape index (κ2) is 6.03. The average Bonchev–Trinajstić information content (AvgIpc) is 2.92. The molecule has 1 aromatic carbocycles. The van der Waals surface area contributed by atoms with Crippen LogP contribution in [0.5, 0.6) is 11.5 Å². The van der Waals surface area contributed by atoms with Crippen molar-refractivity contribution in [1.29, 1.82) is 0 Å². The molecule has 0 aliphatic rings. The number of imidazole rings is 1. The van der Waals surface area contributed by atoms with Gasteiger partial charge in [0, 0.05) is 36.6 Å². The lowest BCUT2D eigenvalue weighted by molar-refractivity contribution is 0.278. The first-order valence-electron chi connectivity index (χ1n) is 6.92. The summed E-state index contributed by atoms with van der Waals surface area (Å²) < 4.78 is 12.6. The molecule has 3 aromatic rings. The van der Waals surface area contributed by atoms with Gasteiger partial charge in [0.2, 0.25) is 0 Å². The summed E-state index contributed by atoms with van der Waals surface area (Å²) in [4.78, 5) is 8.80. The molecule has 1 N–H and O–H groups in total. The highest BCUT2D eigenvalue weighted by molar-refractivity contribution is 5.84. The third-order valence-corrected chi connectivity index (χ3v) is 3.50. The molecule has 22 heavy (non-hydrogen) atoms. The predicted octanol–water partition coefficient (Wildman–Crippen LogP) is 2.11. The number of hydrogen-bond donors (Lipinski definition) is 1. The number of benzene rings is 1. The molecular formula is C16H17N3O3. The third-order valence-electron chi connectivity index (χ3n) is 3.50. The molecule has 0 spiro atoms. The van der Waals surface area contributed by atoms with Gasteiger partial charge in [0.15, 0.2) is 11.5 Å². The Morgan fingerprint density at radius 1 is 1.18 bits per heavy atom. The molecule has 0 radical (unpaired) electrons. The highest BCUT2D eigenvalue weighted by Gasteiger charge is 2.16. The first-order chi connectivity index (χ1) is 10.8. The van der Waals surface area contributed by atoms with Crippen LogP contribution in [0.2, 0.25) is 0 Å². The summed E-state index contributed by atoms with van der Waals surface area (Å²) in [5, 5.41) is 9.38. The smallest absolute Gasteiger partial charge is 0.163 e. The monoisotopic (exact) mass is 299 g/mol. The summed E-state index contributed by atoms with van der Waals surface area (Å²) in [5.74, 6) is 2.01. The molecule has 0 saturated carbocycles. The Balaban J connectivity index is 2.26. The molecule has 6 heteroatoms. The molecule has 3 rings (SSSR count). The van der Waals surface area contributed by atoms with Crippen molar-refractivity contribution in [1.82, 2.24) is 14.5 Å². The minimum absolute atomic E-state index is 0.0209. The maximum atomic E-state index is 9.38. The molecule has 0 aliphatic heterocycles. The van der Waals surface area contributed by atoms with E-state index in [9.17, 15) is 5.11 Å². The summed E-state index contributed by atoms with van der Waals surface area (Å²) >= 11 is 0. The van der Waals surface area contributed by atoms with Crippen molar-refractivity contribution < 1.29 is 14.6 Å². The SMILES string of the molecule is COc1cc2nc(-c3cccnc3)n(CCO)c2cc1OC. The number of aliphatic hydroxyl groups excluding tert-OH is 1. The van der Waals surface area contributed by atoms with Crippen LogP contribution in [0.3, 0.4) is 0 Å². The Morgan fingerprint density at radius 3 is 2.59 bits per heavy atom. The Labute approximate surface area is 128 Å². The number of nitrogens with zero attached hydrogens (tertiary/aromatic N) is 3. The van der Waals surface area contributed by atoms with Crippen LogP contribution >= 0.6 is 0 Å². The molecule has 0 aliphatic carbocycles. The van der Waals surface area contributed by atoms with Gasteiger partial charge < -0.3 is 19.1 Å². The van der Waals surface area contributed by atoms with E-state index >= 15 is 0 Å². The number of aliphatic hydroxyl groups is 1. The second-order valence-electron chi connectivity index (χ2n) is 4.75. The standard InChI is InChI=1S/C16H17N3O3/c1-21-14-8-12-13(9-15(14)22-2)19(6-7-20)16(18-12)11-4-3-5-17-10-11/h3-5,8-10,20H,6-7H2,1-2H3. The summed E-state index contributed by atoms with van der Waals surface area (Å²) in [6.45, 7) is 0.462. The molecule has 2 heterocycles. The van der Waals surface area contributed by atoms with Gasteiger partial charge in [-0.3, -0.25) is 4.98 Å². The minimum Gasteiger partial charge on any atom is -0.493 e. The number of rotatable bonds is 5. The van der Waals surface area contributed by atoms with Gasteiger partial charge in [0.05, 0.1) is 31.9 Å². The summed E-state index contributed by atoms with van der Waals surface area (Å²) in [7, 11) is 3.19. The van der Waals surface area contributed by atoms with E-state index in [1.54, 1.807) is 26.6 Å². The van der Waals surface area contributed by atoms with Crippen molar-refractivity contribution in [3.05, 3.63) is 36.7 Å². The molecule has 0 fully saturated rings. The maximum absolute atomic E-state index is 9.38. The molecule has 114 valence electrons. The van der Waals surface area contributed by atoms with Crippen LogP contribution in [-0.4, -0.2) is 40.5 Å². The quantitative estimate of drug-likeness (QED) is 0.781. The number of aromatic nitrogens is 3. The van der Waals surface area contributed by atoms with E-state index in [0.29, 0.717) is 18.0 Å². The lowest BCUT2D eigenvalue weighted by Gasteiger charge is -2.09. The van der Waals surface area contributed by atoms with Crippen molar-refractivity contribution >= 4 is 11.0 Å². The molecule has 0 unspecified atom stereocenters. The summed E-state index contributed by atoms with van der Waals surface area (Å²) in [6, 6.07) is 7.51. The zero-order valence-corrected chi connectivity index (χ0v) is 12.5. The highest BCUT2D eigenvalue weighted by Crippen LogP contribution is 2.34. The Bertz CT molecular complexity index is 784. The maximum Gasteiger partial charge on any atom is 0.163 e. The van der Waals surface area contributed by atoms with Gasteiger partial charge in [-0.1, -0.05) is 0 Å². The molecule has 0 saturated heterocycles. The molecule has 0 amide bonds. The van der Waals surface area contributed by atoms with E-state index in [1.807, 2.05) is 28.8 Å². The number of hydrogen-bond acceptors (Lipinski definition) is 5. The lowest BCUT2D eigenvalue weighted by Crippen LogP contribution is -2.04. The van der Waals surface area contributed by atoms with Gasteiger partial charge in [-0.25, -0.2) is 4.98 Å². The van der Waals surface area contributed by atoms with Crippen LogP contribution in [-0.2, 0) is 6.54 Å². The fourth-order valence-electron chi connectivity index (χ4n) is 2.49. The Morgan fingerprint density at radius 2 is 1.95 bits per heavy atom. The van der Waals surface area contributed by atoms with Gasteiger partial charge in [-0.05, 0) is 12.1 Å². The van der Waals surface area contributed by atoms with Crippen molar-refractivity contribution in [2.45, 2.75) is 6.54 Å². The molecule has 0 bridgehead atoms. The predicted molar refractivity (Wildman–Crippen MR) is 83.2 cm³/mol. The Kier molecular flexibility index (Phi) is 3.93. The van der Waals surface area contributed by atoms with Crippen molar-refractivity contribution in [3.63, 3.8) is 0 Å². The number of ether oxygens (including phenoxy) is 2. The fourth-order valence-corrected chi connectivity index (χ4v) is 2.49. The fraction of sp³-hybridized carbons (Fsp3) is 0.250. The van der Waals surface area contributed by atoms with Crippen LogP contribution in [0.4, 0.5) is 0 Å². The van der Waals surface area contributed by atoms with Gasteiger partial charge in [-0.15, -0.1) is 0 Å². The van der Waals surface area contributed by atoms with E-state index in [2.05, 4.69) is 9.97 Å². The average molecular weight is 299 g/mol. The zero-order valence-electron chi connectivity index (χ0n) is 12.5. The molecular weight excluding hydrogens is 282 g/mol. The van der Waals surface area contributed by atoms with Gasteiger partial charge in [0.1, 0.15) is 5.82 Å². The zero-order chi connectivity index (χ0) is 15.5.